The fourth-order valence-electron chi connectivity index (χ4n) is 2.35. The van der Waals surface area contributed by atoms with Crippen molar-refractivity contribution >= 4 is 5.97 Å². The molecule has 1 aromatic heterocycles. The number of hydrogen-bond acceptors (Lipinski definition) is 4. The van der Waals surface area contributed by atoms with Crippen molar-refractivity contribution in [3.8, 4) is 0 Å². The maximum atomic E-state index is 11.0. The molecule has 2 atom stereocenters. The maximum absolute atomic E-state index is 11.0. The average Bonchev–Trinajstić information content (AvgIpc) is 2.42. The predicted molar refractivity (Wildman–Crippen MR) is 81.3 cm³/mol. The van der Waals surface area contributed by atoms with Crippen LogP contribution in [0.25, 0.3) is 0 Å². The second kappa shape index (κ2) is 8.08. The zero-order valence-corrected chi connectivity index (χ0v) is 13.6. The molecule has 1 N–H and O–H groups in total. The number of aliphatic carboxylic acids is 1. The fourth-order valence-corrected chi connectivity index (χ4v) is 2.35. The molecule has 0 saturated carbocycles. The molecule has 0 saturated heterocycles. The third-order valence-electron chi connectivity index (χ3n) is 3.58. The first-order valence-electron chi connectivity index (χ1n) is 7.59. The number of ether oxygens (including phenoxy) is 1. The first-order chi connectivity index (χ1) is 9.90. The monoisotopic (exact) mass is 294 g/mol. The van der Waals surface area contributed by atoms with Crippen LogP contribution in [0.15, 0.2) is 0 Å². The van der Waals surface area contributed by atoms with Crippen LogP contribution in [0.4, 0.5) is 0 Å². The van der Waals surface area contributed by atoms with Crippen LogP contribution in [-0.2, 0) is 16.0 Å². The highest BCUT2D eigenvalue weighted by molar-refractivity contribution is 5.70. The maximum Gasteiger partial charge on any atom is 0.306 e. The van der Waals surface area contributed by atoms with Gasteiger partial charge in [0.1, 0.15) is 6.10 Å². The standard InChI is InChI=1S/C16H26N2O3/c1-6-8-14(21-7-2)15-17-11(4)13(12(5)18-15)9-10(3)16(19)20/h10,14H,6-9H2,1-5H3,(H,19,20). The number of aryl methyl sites for hydroxylation is 2. The van der Waals surface area contributed by atoms with E-state index in [1.807, 2.05) is 20.8 Å². The highest BCUT2D eigenvalue weighted by Gasteiger charge is 2.20. The third kappa shape index (κ3) is 4.77. The lowest BCUT2D eigenvalue weighted by atomic mass is 9.98. The quantitative estimate of drug-likeness (QED) is 0.797. The van der Waals surface area contributed by atoms with Gasteiger partial charge in [-0.25, -0.2) is 9.97 Å². The molecular formula is C16H26N2O3. The summed E-state index contributed by atoms with van der Waals surface area (Å²) in [7, 11) is 0. The van der Waals surface area contributed by atoms with Crippen LogP contribution in [0.1, 0.15) is 62.5 Å². The molecule has 0 aliphatic rings. The minimum absolute atomic E-state index is 0.0802. The van der Waals surface area contributed by atoms with Crippen molar-refractivity contribution in [2.24, 2.45) is 5.92 Å². The third-order valence-corrected chi connectivity index (χ3v) is 3.58. The lowest BCUT2D eigenvalue weighted by molar-refractivity contribution is -0.141. The van der Waals surface area contributed by atoms with Crippen LogP contribution >= 0.6 is 0 Å². The minimum Gasteiger partial charge on any atom is -0.481 e. The second-order valence-electron chi connectivity index (χ2n) is 5.41. The Morgan fingerprint density at radius 3 is 2.24 bits per heavy atom. The van der Waals surface area contributed by atoms with Gasteiger partial charge < -0.3 is 9.84 Å². The normalized spacial score (nSPS) is 14.0. The predicted octanol–water partition coefficient (Wildman–Crippen LogP) is 3.23. The van der Waals surface area contributed by atoms with Crippen LogP contribution in [0.3, 0.4) is 0 Å². The fraction of sp³-hybridized carbons (Fsp3) is 0.688. The Labute approximate surface area is 126 Å². The van der Waals surface area contributed by atoms with Crippen molar-refractivity contribution < 1.29 is 14.6 Å². The summed E-state index contributed by atoms with van der Waals surface area (Å²) in [6.45, 7) is 10.2. The molecule has 0 fully saturated rings. The molecule has 0 aliphatic carbocycles. The lowest BCUT2D eigenvalue weighted by Crippen LogP contribution is -2.17. The summed E-state index contributed by atoms with van der Waals surface area (Å²) < 4.78 is 5.72. The molecule has 0 spiro atoms. The zero-order chi connectivity index (χ0) is 16.0. The molecule has 5 heteroatoms. The van der Waals surface area contributed by atoms with Crippen molar-refractivity contribution in [1.82, 2.24) is 9.97 Å². The minimum atomic E-state index is -0.795. The molecule has 0 amide bonds. The Bertz CT molecular complexity index is 459. The molecule has 5 nitrogen and oxygen atoms in total. The topological polar surface area (TPSA) is 72.3 Å². The van der Waals surface area contributed by atoms with Gasteiger partial charge in [-0.15, -0.1) is 0 Å². The highest BCUT2D eigenvalue weighted by Crippen LogP contribution is 2.23. The van der Waals surface area contributed by atoms with E-state index in [1.165, 1.54) is 0 Å². The average molecular weight is 294 g/mol. The van der Waals surface area contributed by atoms with Gasteiger partial charge in [0.15, 0.2) is 5.82 Å². The van der Waals surface area contributed by atoms with Crippen molar-refractivity contribution in [3.63, 3.8) is 0 Å². The molecule has 0 aliphatic heterocycles. The molecule has 1 heterocycles. The van der Waals surface area contributed by atoms with Crippen LogP contribution in [0.2, 0.25) is 0 Å². The summed E-state index contributed by atoms with van der Waals surface area (Å²) in [5.74, 6) is -0.522. The van der Waals surface area contributed by atoms with E-state index in [1.54, 1.807) is 6.92 Å². The number of nitrogens with zero attached hydrogens (tertiary/aromatic N) is 2. The van der Waals surface area contributed by atoms with Crippen LogP contribution < -0.4 is 0 Å². The molecule has 2 unspecified atom stereocenters. The van der Waals surface area contributed by atoms with Gasteiger partial charge in [0, 0.05) is 18.0 Å². The van der Waals surface area contributed by atoms with Crippen LogP contribution in [0, 0.1) is 19.8 Å². The summed E-state index contributed by atoms with van der Waals surface area (Å²) in [6.07, 6.45) is 2.27. The Balaban J connectivity index is 3.05. The molecule has 118 valence electrons. The number of hydrogen-bond donors (Lipinski definition) is 1. The van der Waals surface area contributed by atoms with Gasteiger partial charge in [0.2, 0.25) is 0 Å². The summed E-state index contributed by atoms with van der Waals surface area (Å²) >= 11 is 0. The van der Waals surface area contributed by atoms with Gasteiger partial charge >= 0.3 is 5.97 Å². The van der Waals surface area contributed by atoms with Gasteiger partial charge in [-0.05, 0) is 39.2 Å². The van der Waals surface area contributed by atoms with Gasteiger partial charge in [-0.2, -0.15) is 0 Å². The van der Waals surface area contributed by atoms with E-state index >= 15 is 0 Å². The van der Waals surface area contributed by atoms with Gasteiger partial charge in [0.05, 0.1) is 5.92 Å². The zero-order valence-electron chi connectivity index (χ0n) is 13.6. The first-order valence-corrected chi connectivity index (χ1v) is 7.59. The van der Waals surface area contributed by atoms with E-state index in [0.29, 0.717) is 18.9 Å². The number of aromatic nitrogens is 2. The van der Waals surface area contributed by atoms with Crippen LogP contribution in [-0.4, -0.2) is 27.7 Å². The van der Waals surface area contributed by atoms with Gasteiger partial charge in [-0.1, -0.05) is 20.3 Å². The lowest BCUT2D eigenvalue weighted by Gasteiger charge is -2.18. The highest BCUT2D eigenvalue weighted by atomic mass is 16.5. The summed E-state index contributed by atoms with van der Waals surface area (Å²) in [4.78, 5) is 20.1. The Morgan fingerprint density at radius 2 is 1.81 bits per heavy atom. The molecule has 0 radical (unpaired) electrons. The van der Waals surface area contributed by atoms with Gasteiger partial charge in [-0.3, -0.25) is 4.79 Å². The van der Waals surface area contributed by atoms with Crippen molar-refractivity contribution in [2.45, 2.75) is 60.0 Å². The van der Waals surface area contributed by atoms with E-state index in [9.17, 15) is 4.79 Å². The first kappa shape index (κ1) is 17.6. The number of carbonyl (C=O) groups is 1. The van der Waals surface area contributed by atoms with E-state index in [4.69, 9.17) is 9.84 Å². The smallest absolute Gasteiger partial charge is 0.306 e. The van der Waals surface area contributed by atoms with E-state index in [0.717, 1.165) is 29.8 Å². The molecule has 0 aromatic carbocycles. The van der Waals surface area contributed by atoms with Gasteiger partial charge in [0.25, 0.3) is 0 Å². The Kier molecular flexibility index (Phi) is 6.75. The molecule has 1 aromatic rings. The molecule has 1 rings (SSSR count). The number of rotatable bonds is 8. The van der Waals surface area contributed by atoms with Crippen molar-refractivity contribution in [3.05, 3.63) is 22.8 Å². The largest absolute Gasteiger partial charge is 0.481 e. The number of carboxylic acid groups (broad SMARTS) is 1. The van der Waals surface area contributed by atoms with E-state index in [2.05, 4.69) is 16.9 Å². The van der Waals surface area contributed by atoms with E-state index in [-0.39, 0.29) is 6.10 Å². The Morgan fingerprint density at radius 1 is 1.24 bits per heavy atom. The Hall–Kier alpha value is -1.49. The van der Waals surface area contributed by atoms with Crippen LogP contribution in [0.5, 0.6) is 0 Å². The second-order valence-corrected chi connectivity index (χ2v) is 5.41. The summed E-state index contributed by atoms with van der Waals surface area (Å²) in [6, 6.07) is 0. The SMILES string of the molecule is CCCC(OCC)c1nc(C)c(CC(C)C(=O)O)c(C)n1. The van der Waals surface area contributed by atoms with Crippen molar-refractivity contribution in [2.75, 3.05) is 6.61 Å². The molecule has 21 heavy (non-hydrogen) atoms. The summed E-state index contributed by atoms with van der Waals surface area (Å²) in [5.41, 5.74) is 2.64. The molecular weight excluding hydrogens is 268 g/mol. The summed E-state index contributed by atoms with van der Waals surface area (Å²) in [5, 5.41) is 9.05. The number of carboxylic acids is 1. The van der Waals surface area contributed by atoms with E-state index < -0.39 is 11.9 Å². The van der Waals surface area contributed by atoms with Crippen molar-refractivity contribution in [1.29, 1.82) is 0 Å². The molecule has 0 bridgehead atoms.